The summed E-state index contributed by atoms with van der Waals surface area (Å²) in [7, 11) is 0. The zero-order valence-corrected chi connectivity index (χ0v) is 17.6. The van der Waals surface area contributed by atoms with Gasteiger partial charge in [0.2, 0.25) is 0 Å². The number of aliphatic hydroxyl groups excluding tert-OH is 1. The average Bonchev–Trinajstić information content (AvgIpc) is 3.17. The first-order valence-corrected chi connectivity index (χ1v) is 10.9. The standard InChI is InChI=1S/C23H31FN4O2/c1-2-25-16-20-21(17-25)23(30)28(11-8-22(20)29)10-3-9-26-12-14-27(15-13-26)19-6-4-18(24)5-7-19/h4-7,16-17,22,29H,2-3,8-15H2,1H3. The van der Waals surface area contributed by atoms with E-state index in [1.54, 1.807) is 0 Å². The number of hydrogen-bond acceptors (Lipinski definition) is 4. The van der Waals surface area contributed by atoms with Crippen LogP contribution in [0.3, 0.4) is 0 Å². The van der Waals surface area contributed by atoms with E-state index in [4.69, 9.17) is 0 Å². The number of carbonyl (C=O) groups excluding carboxylic acids is 1. The van der Waals surface area contributed by atoms with Crippen molar-refractivity contribution in [2.24, 2.45) is 0 Å². The summed E-state index contributed by atoms with van der Waals surface area (Å²) in [6, 6.07) is 6.70. The van der Waals surface area contributed by atoms with Crippen LogP contribution in [0.5, 0.6) is 0 Å². The molecule has 0 spiro atoms. The molecule has 1 saturated heterocycles. The molecule has 30 heavy (non-hydrogen) atoms. The highest BCUT2D eigenvalue weighted by molar-refractivity contribution is 5.96. The van der Waals surface area contributed by atoms with Crippen LogP contribution in [0.15, 0.2) is 36.7 Å². The lowest BCUT2D eigenvalue weighted by Crippen LogP contribution is -2.47. The van der Waals surface area contributed by atoms with Crippen LogP contribution < -0.4 is 4.90 Å². The highest BCUT2D eigenvalue weighted by atomic mass is 19.1. The second-order valence-electron chi connectivity index (χ2n) is 8.21. The third kappa shape index (κ3) is 4.52. The molecule has 3 heterocycles. The molecule has 6 nitrogen and oxygen atoms in total. The van der Waals surface area contributed by atoms with Crippen molar-refractivity contribution in [1.29, 1.82) is 0 Å². The van der Waals surface area contributed by atoms with E-state index in [1.165, 1.54) is 12.1 Å². The Kier molecular flexibility index (Phi) is 6.39. The number of nitrogens with zero attached hydrogens (tertiary/aromatic N) is 4. The van der Waals surface area contributed by atoms with Gasteiger partial charge < -0.3 is 19.5 Å². The lowest BCUT2D eigenvalue weighted by Gasteiger charge is -2.36. The van der Waals surface area contributed by atoms with Gasteiger partial charge in [0.15, 0.2) is 0 Å². The quantitative estimate of drug-likeness (QED) is 0.790. The fraction of sp³-hybridized carbons (Fsp3) is 0.522. The number of rotatable bonds is 6. The van der Waals surface area contributed by atoms with E-state index in [0.717, 1.165) is 56.9 Å². The molecule has 162 valence electrons. The summed E-state index contributed by atoms with van der Waals surface area (Å²) in [6.07, 6.45) is 4.71. The molecular weight excluding hydrogens is 383 g/mol. The molecule has 0 radical (unpaired) electrons. The van der Waals surface area contributed by atoms with Gasteiger partial charge in [-0.15, -0.1) is 0 Å². The minimum absolute atomic E-state index is 0.0369. The molecular formula is C23H31FN4O2. The van der Waals surface area contributed by atoms with Crippen molar-refractivity contribution < 1.29 is 14.3 Å². The second kappa shape index (κ2) is 9.18. The number of amides is 1. The maximum Gasteiger partial charge on any atom is 0.255 e. The number of piperazine rings is 1. The molecule has 1 unspecified atom stereocenters. The van der Waals surface area contributed by atoms with Gasteiger partial charge >= 0.3 is 0 Å². The largest absolute Gasteiger partial charge is 0.388 e. The van der Waals surface area contributed by atoms with Gasteiger partial charge in [-0.2, -0.15) is 0 Å². The number of aliphatic hydroxyl groups is 1. The predicted molar refractivity (Wildman–Crippen MR) is 115 cm³/mol. The molecule has 4 rings (SSSR count). The smallest absolute Gasteiger partial charge is 0.255 e. The van der Waals surface area contributed by atoms with Crippen LogP contribution >= 0.6 is 0 Å². The van der Waals surface area contributed by atoms with Crippen molar-refractivity contribution in [2.45, 2.75) is 32.4 Å². The van der Waals surface area contributed by atoms with E-state index >= 15 is 0 Å². The van der Waals surface area contributed by atoms with Gasteiger partial charge in [0, 0.05) is 69.5 Å². The summed E-state index contributed by atoms with van der Waals surface area (Å²) in [6.45, 7) is 8.86. The Morgan fingerprint density at radius 1 is 1.03 bits per heavy atom. The first kappa shape index (κ1) is 20.9. The fourth-order valence-corrected chi connectivity index (χ4v) is 4.44. The van der Waals surface area contributed by atoms with Gasteiger partial charge in [-0.1, -0.05) is 0 Å². The molecule has 1 aromatic carbocycles. The Morgan fingerprint density at radius 3 is 2.47 bits per heavy atom. The number of carbonyl (C=O) groups is 1. The molecule has 2 aromatic rings. The third-order valence-electron chi connectivity index (χ3n) is 6.29. The van der Waals surface area contributed by atoms with Crippen molar-refractivity contribution in [3.05, 3.63) is 53.6 Å². The molecule has 0 bridgehead atoms. The zero-order chi connectivity index (χ0) is 21.1. The number of anilines is 1. The van der Waals surface area contributed by atoms with Gasteiger partial charge in [0.1, 0.15) is 5.82 Å². The molecule has 1 atom stereocenters. The maximum absolute atomic E-state index is 13.1. The van der Waals surface area contributed by atoms with Crippen LogP contribution in [0, 0.1) is 5.82 Å². The van der Waals surface area contributed by atoms with Crippen molar-refractivity contribution in [3.63, 3.8) is 0 Å². The highest BCUT2D eigenvalue weighted by Crippen LogP contribution is 2.27. The summed E-state index contributed by atoms with van der Waals surface area (Å²) in [5.74, 6) is -0.166. The van der Waals surface area contributed by atoms with Crippen molar-refractivity contribution in [3.8, 4) is 0 Å². The van der Waals surface area contributed by atoms with Crippen LogP contribution in [-0.4, -0.2) is 71.2 Å². The van der Waals surface area contributed by atoms with Crippen LogP contribution in [0.1, 0.15) is 41.8 Å². The lowest BCUT2D eigenvalue weighted by atomic mass is 10.1. The SMILES string of the molecule is CCn1cc2c(c1)C(O)CCN(CCCN1CCN(c3ccc(F)cc3)CC1)C2=O. The molecule has 1 fully saturated rings. The summed E-state index contributed by atoms with van der Waals surface area (Å²) in [5, 5.41) is 10.4. The topological polar surface area (TPSA) is 52.0 Å². The third-order valence-corrected chi connectivity index (χ3v) is 6.29. The molecule has 0 saturated carbocycles. The Morgan fingerprint density at radius 2 is 1.77 bits per heavy atom. The first-order valence-electron chi connectivity index (χ1n) is 10.9. The molecule has 1 N–H and O–H groups in total. The molecule has 1 amide bonds. The van der Waals surface area contributed by atoms with Crippen molar-refractivity contribution >= 4 is 11.6 Å². The summed E-state index contributed by atoms with van der Waals surface area (Å²) in [4.78, 5) is 19.6. The number of aryl methyl sites for hydroxylation is 1. The normalized spacial score (nSPS) is 20.4. The Balaban J connectivity index is 1.26. The van der Waals surface area contributed by atoms with Crippen LogP contribution in [0.4, 0.5) is 10.1 Å². The zero-order valence-electron chi connectivity index (χ0n) is 17.6. The Bertz CT molecular complexity index is 859. The van der Waals surface area contributed by atoms with Gasteiger partial charge in [0.05, 0.1) is 11.7 Å². The van der Waals surface area contributed by atoms with Crippen LogP contribution in [-0.2, 0) is 6.54 Å². The average molecular weight is 415 g/mol. The molecule has 7 heteroatoms. The number of halogens is 1. The Hall–Kier alpha value is -2.38. The first-order chi connectivity index (χ1) is 14.5. The van der Waals surface area contributed by atoms with E-state index in [0.29, 0.717) is 25.1 Å². The Labute approximate surface area is 177 Å². The highest BCUT2D eigenvalue weighted by Gasteiger charge is 2.28. The second-order valence-corrected chi connectivity index (χ2v) is 8.21. The van der Waals surface area contributed by atoms with Crippen LogP contribution in [0.2, 0.25) is 0 Å². The van der Waals surface area contributed by atoms with Gasteiger partial charge in [0.25, 0.3) is 5.91 Å². The van der Waals surface area contributed by atoms with Crippen molar-refractivity contribution in [2.75, 3.05) is 50.7 Å². The van der Waals surface area contributed by atoms with E-state index < -0.39 is 6.10 Å². The summed E-state index contributed by atoms with van der Waals surface area (Å²) in [5.41, 5.74) is 2.48. The molecule has 2 aliphatic rings. The van der Waals surface area contributed by atoms with Crippen LogP contribution in [0.25, 0.3) is 0 Å². The molecule has 1 aromatic heterocycles. The monoisotopic (exact) mass is 414 g/mol. The van der Waals surface area contributed by atoms with E-state index in [-0.39, 0.29) is 11.7 Å². The fourth-order valence-electron chi connectivity index (χ4n) is 4.44. The number of aromatic nitrogens is 1. The van der Waals surface area contributed by atoms with Crippen molar-refractivity contribution in [1.82, 2.24) is 14.4 Å². The summed E-state index contributed by atoms with van der Waals surface area (Å²) >= 11 is 0. The van der Waals surface area contributed by atoms with Gasteiger partial charge in [-0.05, 0) is 50.6 Å². The molecule has 2 aliphatic heterocycles. The van der Waals surface area contributed by atoms with E-state index in [2.05, 4.69) is 9.80 Å². The maximum atomic E-state index is 13.1. The number of benzene rings is 1. The van der Waals surface area contributed by atoms with Gasteiger partial charge in [-0.3, -0.25) is 9.69 Å². The predicted octanol–water partition coefficient (Wildman–Crippen LogP) is 2.74. The minimum Gasteiger partial charge on any atom is -0.388 e. The van der Waals surface area contributed by atoms with E-state index in [1.807, 2.05) is 40.9 Å². The summed E-state index contributed by atoms with van der Waals surface area (Å²) < 4.78 is 15.1. The minimum atomic E-state index is -0.568. The molecule has 0 aliphatic carbocycles. The lowest BCUT2D eigenvalue weighted by molar-refractivity contribution is 0.0737. The van der Waals surface area contributed by atoms with Gasteiger partial charge in [-0.25, -0.2) is 4.39 Å². The number of hydrogen-bond donors (Lipinski definition) is 1. The number of fused-ring (bicyclic) bond motifs is 1. The van der Waals surface area contributed by atoms with E-state index in [9.17, 15) is 14.3 Å².